The molecule has 0 amide bonds. The summed E-state index contributed by atoms with van der Waals surface area (Å²) in [5.74, 6) is -0.659. The molecule has 0 saturated carbocycles. The van der Waals surface area contributed by atoms with Crippen LogP contribution in [0.15, 0.2) is 48.5 Å². The molecule has 2 aromatic carbocycles. The summed E-state index contributed by atoms with van der Waals surface area (Å²) in [6, 6.07) is 12.7. The van der Waals surface area contributed by atoms with Gasteiger partial charge in [-0.25, -0.2) is 4.79 Å². The maximum Gasteiger partial charge on any atom is 0.344 e. The lowest BCUT2D eigenvalue weighted by atomic mass is 10.1. The van der Waals surface area contributed by atoms with E-state index in [-0.39, 0.29) is 11.4 Å². The number of para-hydroxylation sites is 2. The van der Waals surface area contributed by atoms with Gasteiger partial charge in [0, 0.05) is 6.07 Å². The Balaban J connectivity index is 2.30. The molecule has 0 aliphatic carbocycles. The molecule has 0 aromatic heterocycles. The Labute approximate surface area is 109 Å². The first kappa shape index (κ1) is 12.8. The van der Waals surface area contributed by atoms with E-state index in [1.165, 1.54) is 18.2 Å². The smallest absolute Gasteiger partial charge is 0.344 e. The molecule has 5 heteroatoms. The molecule has 2 rings (SSSR count). The van der Waals surface area contributed by atoms with E-state index in [1.54, 1.807) is 37.3 Å². The van der Waals surface area contributed by atoms with Gasteiger partial charge >= 0.3 is 11.7 Å². The molecule has 0 aliphatic heterocycles. The fraction of sp³-hybridized carbons (Fsp3) is 0.0714. The summed E-state index contributed by atoms with van der Waals surface area (Å²) < 4.78 is 5.09. The van der Waals surface area contributed by atoms with E-state index in [2.05, 4.69) is 0 Å². The number of rotatable bonds is 3. The van der Waals surface area contributed by atoms with Crippen molar-refractivity contribution in [3.05, 3.63) is 69.8 Å². The van der Waals surface area contributed by atoms with Crippen LogP contribution in [0.4, 0.5) is 5.69 Å². The molecule has 0 aliphatic rings. The Morgan fingerprint density at radius 1 is 1.11 bits per heavy atom. The summed E-state index contributed by atoms with van der Waals surface area (Å²) in [4.78, 5) is 22.2. The largest absolute Gasteiger partial charge is 0.416 e. The zero-order valence-electron chi connectivity index (χ0n) is 10.2. The standard InChI is InChI=1S/C14H11NO4/c1-10-6-2-3-7-11(10)14(16)19-13-9-5-4-8-12(13)15(17)18/h2-9H,1H3. The van der Waals surface area contributed by atoms with Crippen molar-refractivity contribution in [2.75, 3.05) is 0 Å². The first-order valence-electron chi connectivity index (χ1n) is 5.61. The van der Waals surface area contributed by atoms with Crippen LogP contribution >= 0.6 is 0 Å². The number of hydrogen-bond acceptors (Lipinski definition) is 4. The van der Waals surface area contributed by atoms with E-state index >= 15 is 0 Å². The highest BCUT2D eigenvalue weighted by atomic mass is 16.6. The molecule has 0 atom stereocenters. The average Bonchev–Trinajstić information content (AvgIpc) is 2.39. The van der Waals surface area contributed by atoms with Gasteiger partial charge in [0.05, 0.1) is 10.5 Å². The van der Waals surface area contributed by atoms with Crippen LogP contribution in [-0.2, 0) is 0 Å². The Bertz CT molecular complexity index is 637. The predicted octanol–water partition coefficient (Wildman–Crippen LogP) is 3.12. The lowest BCUT2D eigenvalue weighted by Crippen LogP contribution is -2.11. The van der Waals surface area contributed by atoms with Crippen LogP contribution in [0.5, 0.6) is 5.75 Å². The highest BCUT2D eigenvalue weighted by Gasteiger charge is 2.18. The Hall–Kier alpha value is -2.69. The quantitative estimate of drug-likeness (QED) is 0.366. The van der Waals surface area contributed by atoms with Crippen LogP contribution in [0.25, 0.3) is 0 Å². The van der Waals surface area contributed by atoms with E-state index < -0.39 is 10.9 Å². The molecule has 0 fully saturated rings. The summed E-state index contributed by atoms with van der Waals surface area (Å²) in [5.41, 5.74) is 0.913. The molecule has 0 N–H and O–H groups in total. The van der Waals surface area contributed by atoms with Crippen molar-refractivity contribution >= 4 is 11.7 Å². The van der Waals surface area contributed by atoms with Crippen molar-refractivity contribution in [2.45, 2.75) is 6.92 Å². The third-order valence-electron chi connectivity index (χ3n) is 2.63. The van der Waals surface area contributed by atoms with Crippen LogP contribution in [0.2, 0.25) is 0 Å². The molecule has 0 spiro atoms. The zero-order valence-corrected chi connectivity index (χ0v) is 10.2. The van der Waals surface area contributed by atoms with Gasteiger partial charge in [-0.3, -0.25) is 10.1 Å². The Morgan fingerprint density at radius 2 is 1.74 bits per heavy atom. The topological polar surface area (TPSA) is 69.4 Å². The summed E-state index contributed by atoms with van der Waals surface area (Å²) in [5, 5.41) is 10.8. The summed E-state index contributed by atoms with van der Waals surface area (Å²) in [6.45, 7) is 1.77. The second-order valence-electron chi connectivity index (χ2n) is 3.93. The zero-order chi connectivity index (χ0) is 13.8. The van der Waals surface area contributed by atoms with Crippen LogP contribution in [-0.4, -0.2) is 10.9 Å². The van der Waals surface area contributed by atoms with Crippen molar-refractivity contribution in [2.24, 2.45) is 0 Å². The second-order valence-corrected chi connectivity index (χ2v) is 3.93. The summed E-state index contributed by atoms with van der Waals surface area (Å²) >= 11 is 0. The summed E-state index contributed by atoms with van der Waals surface area (Å²) in [6.07, 6.45) is 0. The van der Waals surface area contributed by atoms with Crippen LogP contribution < -0.4 is 4.74 Å². The van der Waals surface area contributed by atoms with Crippen LogP contribution in [0, 0.1) is 17.0 Å². The third-order valence-corrected chi connectivity index (χ3v) is 2.63. The maximum atomic E-state index is 12.0. The molecule has 0 radical (unpaired) electrons. The first-order chi connectivity index (χ1) is 9.09. The SMILES string of the molecule is Cc1ccccc1C(=O)Oc1ccccc1[N+](=O)[O-]. The normalized spacial score (nSPS) is 9.95. The van der Waals surface area contributed by atoms with Crippen molar-refractivity contribution in [1.82, 2.24) is 0 Å². The van der Waals surface area contributed by atoms with Gasteiger partial charge in [-0.05, 0) is 24.6 Å². The fourth-order valence-corrected chi connectivity index (χ4v) is 1.65. The second kappa shape index (κ2) is 5.30. The number of ether oxygens (including phenoxy) is 1. The molecule has 0 unspecified atom stereocenters. The van der Waals surface area contributed by atoms with Gasteiger partial charge in [-0.15, -0.1) is 0 Å². The Morgan fingerprint density at radius 3 is 2.42 bits per heavy atom. The van der Waals surface area contributed by atoms with E-state index in [0.717, 1.165) is 5.56 Å². The van der Waals surface area contributed by atoms with Crippen molar-refractivity contribution in [1.29, 1.82) is 0 Å². The van der Waals surface area contributed by atoms with Gasteiger partial charge in [0.15, 0.2) is 0 Å². The van der Waals surface area contributed by atoms with Crippen molar-refractivity contribution < 1.29 is 14.5 Å². The van der Waals surface area contributed by atoms with Crippen LogP contribution in [0.1, 0.15) is 15.9 Å². The summed E-state index contributed by atoms with van der Waals surface area (Å²) in [7, 11) is 0. The van der Waals surface area contributed by atoms with Crippen molar-refractivity contribution in [3.8, 4) is 5.75 Å². The number of carbonyl (C=O) groups excluding carboxylic acids is 1. The number of carbonyl (C=O) groups is 1. The van der Waals surface area contributed by atoms with Crippen LogP contribution in [0.3, 0.4) is 0 Å². The maximum absolute atomic E-state index is 12.0. The van der Waals surface area contributed by atoms with E-state index in [0.29, 0.717) is 5.56 Å². The number of nitrogens with zero attached hydrogens (tertiary/aromatic N) is 1. The van der Waals surface area contributed by atoms with E-state index in [1.807, 2.05) is 0 Å². The highest BCUT2D eigenvalue weighted by Crippen LogP contribution is 2.26. The van der Waals surface area contributed by atoms with Crippen molar-refractivity contribution in [3.63, 3.8) is 0 Å². The first-order valence-corrected chi connectivity index (χ1v) is 5.61. The molecule has 0 saturated heterocycles. The number of benzene rings is 2. The average molecular weight is 257 g/mol. The molecule has 0 bridgehead atoms. The van der Waals surface area contributed by atoms with Gasteiger partial charge in [0.1, 0.15) is 0 Å². The van der Waals surface area contributed by atoms with Gasteiger partial charge < -0.3 is 4.74 Å². The minimum atomic E-state index is -0.604. The highest BCUT2D eigenvalue weighted by molar-refractivity contribution is 5.92. The monoisotopic (exact) mass is 257 g/mol. The minimum Gasteiger partial charge on any atom is -0.416 e. The molecule has 19 heavy (non-hydrogen) atoms. The molecule has 96 valence electrons. The lowest BCUT2D eigenvalue weighted by molar-refractivity contribution is -0.385. The Kier molecular flexibility index (Phi) is 3.56. The number of aryl methyl sites for hydroxylation is 1. The third kappa shape index (κ3) is 2.77. The fourth-order valence-electron chi connectivity index (χ4n) is 1.65. The number of nitro groups is 1. The van der Waals surface area contributed by atoms with E-state index in [9.17, 15) is 14.9 Å². The molecule has 2 aromatic rings. The number of nitro benzene ring substituents is 1. The molecule has 5 nitrogen and oxygen atoms in total. The number of hydrogen-bond donors (Lipinski definition) is 0. The molecular formula is C14H11NO4. The lowest BCUT2D eigenvalue weighted by Gasteiger charge is -2.06. The predicted molar refractivity (Wildman–Crippen MR) is 69.2 cm³/mol. The van der Waals surface area contributed by atoms with Gasteiger partial charge in [0.2, 0.25) is 5.75 Å². The van der Waals surface area contributed by atoms with Gasteiger partial charge in [-0.1, -0.05) is 30.3 Å². The number of esters is 1. The minimum absolute atomic E-state index is 0.0549. The van der Waals surface area contributed by atoms with Gasteiger partial charge in [0.25, 0.3) is 0 Å². The van der Waals surface area contributed by atoms with Gasteiger partial charge in [-0.2, -0.15) is 0 Å². The molecule has 0 heterocycles. The molecular weight excluding hydrogens is 246 g/mol. The van der Waals surface area contributed by atoms with E-state index in [4.69, 9.17) is 4.74 Å².